The summed E-state index contributed by atoms with van der Waals surface area (Å²) in [6, 6.07) is 5.72. The van der Waals surface area contributed by atoms with E-state index in [1.54, 1.807) is 6.08 Å². The fraction of sp³-hybridized carbons (Fsp3) is 0.625. The molecule has 2 aliphatic heterocycles. The summed E-state index contributed by atoms with van der Waals surface area (Å²) in [5.74, 6) is 1.52. The predicted octanol–water partition coefficient (Wildman–Crippen LogP) is 4.80. The quantitative estimate of drug-likeness (QED) is 0.668. The molecular formula is C24H33NO4. The first kappa shape index (κ1) is 20.3. The number of amides is 1. The van der Waals surface area contributed by atoms with E-state index in [4.69, 9.17) is 14.2 Å². The van der Waals surface area contributed by atoms with Gasteiger partial charge < -0.3 is 19.1 Å². The normalized spacial score (nSPS) is 23.3. The zero-order valence-corrected chi connectivity index (χ0v) is 17.5. The second kappa shape index (κ2) is 9.21. The molecule has 1 aromatic rings. The molecule has 4 rings (SSSR count). The summed E-state index contributed by atoms with van der Waals surface area (Å²) in [7, 11) is 0. The van der Waals surface area contributed by atoms with Gasteiger partial charge >= 0.3 is 0 Å². The number of rotatable bonds is 5. The van der Waals surface area contributed by atoms with Gasteiger partial charge in [-0.15, -0.1) is 0 Å². The lowest BCUT2D eigenvalue weighted by molar-refractivity contribution is -0.127. The highest BCUT2D eigenvalue weighted by molar-refractivity contribution is 5.91. The van der Waals surface area contributed by atoms with Crippen LogP contribution >= 0.6 is 0 Å². The van der Waals surface area contributed by atoms with Crippen LogP contribution in [0.4, 0.5) is 0 Å². The molecule has 1 atom stereocenters. The fourth-order valence-electron chi connectivity index (χ4n) is 4.93. The maximum absolute atomic E-state index is 12.8. The van der Waals surface area contributed by atoms with Gasteiger partial charge in [0.15, 0.2) is 11.5 Å². The number of carbonyl (C=O) groups is 1. The third-order valence-corrected chi connectivity index (χ3v) is 6.63. The zero-order chi connectivity index (χ0) is 20.1. The Bertz CT molecular complexity index is 736. The van der Waals surface area contributed by atoms with Crippen LogP contribution in [0.25, 0.3) is 6.08 Å². The Kier molecular flexibility index (Phi) is 6.43. The highest BCUT2D eigenvalue weighted by atomic mass is 16.7. The number of hydrogen-bond acceptors (Lipinski definition) is 4. The first-order chi connectivity index (χ1) is 14.2. The van der Waals surface area contributed by atoms with Gasteiger partial charge in [0, 0.05) is 19.2 Å². The van der Waals surface area contributed by atoms with Crippen LogP contribution in [0, 0.1) is 5.41 Å². The average molecular weight is 400 g/mol. The van der Waals surface area contributed by atoms with Gasteiger partial charge in [0.05, 0.1) is 12.7 Å². The molecule has 0 N–H and O–H groups in total. The van der Waals surface area contributed by atoms with Crippen molar-refractivity contribution in [2.75, 3.05) is 26.5 Å². The van der Waals surface area contributed by atoms with Crippen LogP contribution in [-0.2, 0) is 9.53 Å². The van der Waals surface area contributed by atoms with E-state index in [1.807, 2.05) is 36.1 Å². The number of hydrogen-bond donors (Lipinski definition) is 0. The van der Waals surface area contributed by atoms with E-state index in [-0.39, 0.29) is 18.8 Å². The molecule has 0 radical (unpaired) electrons. The molecular weight excluding hydrogens is 366 g/mol. The van der Waals surface area contributed by atoms with Crippen molar-refractivity contribution in [2.45, 2.75) is 64.4 Å². The first-order valence-corrected chi connectivity index (χ1v) is 11.2. The Morgan fingerprint density at radius 1 is 1.14 bits per heavy atom. The summed E-state index contributed by atoms with van der Waals surface area (Å²) in [5, 5.41) is 0. The predicted molar refractivity (Wildman–Crippen MR) is 113 cm³/mol. The highest BCUT2D eigenvalue weighted by Gasteiger charge is 2.40. The van der Waals surface area contributed by atoms with Gasteiger partial charge in [-0.25, -0.2) is 0 Å². The van der Waals surface area contributed by atoms with Gasteiger partial charge in [-0.05, 0) is 55.4 Å². The number of likely N-dealkylation sites (N-methyl/N-ethyl adjacent to an activating group) is 1. The maximum Gasteiger partial charge on any atom is 0.246 e. The van der Waals surface area contributed by atoms with Crippen LogP contribution in [-0.4, -0.2) is 43.4 Å². The third-order valence-electron chi connectivity index (χ3n) is 6.63. The Morgan fingerprint density at radius 3 is 2.69 bits per heavy atom. The second-order valence-corrected chi connectivity index (χ2v) is 8.73. The fourth-order valence-corrected chi connectivity index (χ4v) is 4.93. The van der Waals surface area contributed by atoms with Crippen LogP contribution in [0.5, 0.6) is 11.5 Å². The smallest absolute Gasteiger partial charge is 0.246 e. The second-order valence-electron chi connectivity index (χ2n) is 8.73. The molecule has 1 amide bonds. The Balaban J connectivity index is 1.33. The van der Waals surface area contributed by atoms with Crippen molar-refractivity contribution < 1.29 is 19.0 Å². The summed E-state index contributed by atoms with van der Waals surface area (Å²) in [4.78, 5) is 14.7. The molecule has 5 heteroatoms. The van der Waals surface area contributed by atoms with Gasteiger partial charge in [0.2, 0.25) is 12.7 Å². The number of nitrogens with zero attached hydrogens (tertiary/aromatic N) is 1. The third kappa shape index (κ3) is 4.95. The van der Waals surface area contributed by atoms with Gasteiger partial charge in [-0.2, -0.15) is 0 Å². The lowest BCUT2D eigenvalue weighted by Gasteiger charge is -2.30. The van der Waals surface area contributed by atoms with Gasteiger partial charge in [-0.1, -0.05) is 38.2 Å². The van der Waals surface area contributed by atoms with Crippen molar-refractivity contribution >= 4 is 12.0 Å². The first-order valence-electron chi connectivity index (χ1n) is 11.2. The highest BCUT2D eigenvalue weighted by Crippen LogP contribution is 2.43. The molecule has 1 aliphatic carbocycles. The largest absolute Gasteiger partial charge is 0.454 e. The van der Waals surface area contributed by atoms with E-state index in [0.717, 1.165) is 30.1 Å². The number of ether oxygens (including phenoxy) is 3. The van der Waals surface area contributed by atoms with Crippen molar-refractivity contribution in [1.29, 1.82) is 0 Å². The van der Waals surface area contributed by atoms with Crippen molar-refractivity contribution in [2.24, 2.45) is 5.41 Å². The van der Waals surface area contributed by atoms with Crippen LogP contribution < -0.4 is 9.47 Å². The molecule has 2 heterocycles. The molecule has 5 nitrogen and oxygen atoms in total. The van der Waals surface area contributed by atoms with E-state index >= 15 is 0 Å². The van der Waals surface area contributed by atoms with Crippen LogP contribution in [0.3, 0.4) is 0 Å². The summed E-state index contributed by atoms with van der Waals surface area (Å²) in [5.41, 5.74) is 1.29. The molecule has 1 saturated heterocycles. The molecule has 3 aliphatic rings. The molecule has 2 fully saturated rings. The molecule has 1 spiro atoms. The standard InChI is InChI=1S/C24H33NO4/c1-2-25(16-20-15-24(17-27-20)12-6-4-3-5-7-13-24)23(26)11-9-19-8-10-21-22(14-19)29-18-28-21/h8-11,14,20H,2-7,12-13,15-18H2,1H3/b11-9+. The average Bonchev–Trinajstić information content (AvgIpc) is 3.34. The van der Waals surface area contributed by atoms with E-state index in [9.17, 15) is 4.79 Å². The Hall–Kier alpha value is -2.01. The van der Waals surface area contributed by atoms with Crippen LogP contribution in [0.1, 0.15) is 63.9 Å². The summed E-state index contributed by atoms with van der Waals surface area (Å²) >= 11 is 0. The maximum atomic E-state index is 12.8. The number of fused-ring (bicyclic) bond motifs is 1. The molecule has 1 unspecified atom stereocenters. The van der Waals surface area contributed by atoms with Crippen molar-refractivity contribution in [3.05, 3.63) is 29.8 Å². The van der Waals surface area contributed by atoms with Crippen molar-refractivity contribution in [3.63, 3.8) is 0 Å². The summed E-state index contributed by atoms with van der Waals surface area (Å²) < 4.78 is 16.9. The van der Waals surface area contributed by atoms with Crippen LogP contribution in [0.15, 0.2) is 24.3 Å². The minimum Gasteiger partial charge on any atom is -0.454 e. The lowest BCUT2D eigenvalue weighted by Crippen LogP contribution is -2.36. The molecule has 1 saturated carbocycles. The van der Waals surface area contributed by atoms with Crippen LogP contribution in [0.2, 0.25) is 0 Å². The van der Waals surface area contributed by atoms with E-state index in [0.29, 0.717) is 18.5 Å². The zero-order valence-electron chi connectivity index (χ0n) is 17.5. The monoisotopic (exact) mass is 399 g/mol. The molecule has 29 heavy (non-hydrogen) atoms. The lowest BCUT2D eigenvalue weighted by atomic mass is 9.75. The Morgan fingerprint density at radius 2 is 1.90 bits per heavy atom. The Labute approximate surface area is 174 Å². The van der Waals surface area contributed by atoms with E-state index in [1.165, 1.54) is 44.9 Å². The molecule has 1 aromatic carbocycles. The van der Waals surface area contributed by atoms with Gasteiger partial charge in [0.1, 0.15) is 0 Å². The van der Waals surface area contributed by atoms with E-state index < -0.39 is 0 Å². The molecule has 158 valence electrons. The number of carbonyl (C=O) groups excluding carboxylic acids is 1. The summed E-state index contributed by atoms with van der Waals surface area (Å²) in [6.45, 7) is 4.54. The van der Waals surface area contributed by atoms with Crippen molar-refractivity contribution in [1.82, 2.24) is 4.90 Å². The topological polar surface area (TPSA) is 48.0 Å². The minimum atomic E-state index is 0.0346. The van der Waals surface area contributed by atoms with Gasteiger partial charge in [-0.3, -0.25) is 4.79 Å². The van der Waals surface area contributed by atoms with Crippen molar-refractivity contribution in [3.8, 4) is 11.5 Å². The van der Waals surface area contributed by atoms with Gasteiger partial charge in [0.25, 0.3) is 0 Å². The SMILES string of the molecule is CCN(CC1CC2(CCCCCCC2)CO1)C(=O)/C=C/c1ccc2c(c1)OCO2. The summed E-state index contributed by atoms with van der Waals surface area (Å²) in [6.07, 6.45) is 14.1. The van der Waals surface area contributed by atoms with E-state index in [2.05, 4.69) is 0 Å². The molecule has 0 bridgehead atoms. The molecule has 0 aromatic heterocycles. The number of benzene rings is 1. The minimum absolute atomic E-state index is 0.0346.